The smallest absolute Gasteiger partial charge is 0.267 e. The maximum atomic E-state index is 12.3. The summed E-state index contributed by atoms with van der Waals surface area (Å²) >= 11 is 6.90. The third kappa shape index (κ3) is 3.72. The van der Waals surface area contributed by atoms with Crippen LogP contribution in [0.1, 0.15) is 21.5 Å². The molecule has 0 aliphatic carbocycles. The fourth-order valence-corrected chi connectivity index (χ4v) is 2.93. The van der Waals surface area contributed by atoms with Crippen molar-refractivity contribution in [2.24, 2.45) is 4.99 Å². The molecule has 24 heavy (non-hydrogen) atoms. The number of hydrogen-bond donors (Lipinski definition) is 1. The second kappa shape index (κ2) is 6.98. The predicted molar refractivity (Wildman–Crippen MR) is 94.6 cm³/mol. The Kier molecular flexibility index (Phi) is 4.78. The van der Waals surface area contributed by atoms with E-state index in [9.17, 15) is 9.59 Å². The molecule has 0 spiro atoms. The number of nitrogens with zero attached hydrogens (tertiary/aromatic N) is 2. The minimum absolute atomic E-state index is 0.301. The number of carbonyl (C=O) groups is 1. The molecular formula is C17H14ClN3O2S. The first-order chi connectivity index (χ1) is 11.5. The van der Waals surface area contributed by atoms with Crippen LogP contribution in [0.5, 0.6) is 0 Å². The van der Waals surface area contributed by atoms with Crippen molar-refractivity contribution in [3.05, 3.63) is 85.5 Å². The van der Waals surface area contributed by atoms with Crippen LogP contribution in [0.2, 0.25) is 5.02 Å². The van der Waals surface area contributed by atoms with Crippen molar-refractivity contribution in [2.75, 3.05) is 0 Å². The van der Waals surface area contributed by atoms with Crippen LogP contribution in [0.4, 0.5) is 0 Å². The maximum absolute atomic E-state index is 12.3. The highest BCUT2D eigenvalue weighted by Gasteiger charge is 2.08. The van der Waals surface area contributed by atoms with Crippen LogP contribution in [0.3, 0.4) is 0 Å². The van der Waals surface area contributed by atoms with E-state index in [-0.39, 0.29) is 11.6 Å². The molecule has 0 aliphatic heterocycles. The number of halogens is 1. The van der Waals surface area contributed by atoms with E-state index in [0.29, 0.717) is 21.9 Å². The van der Waals surface area contributed by atoms with E-state index in [1.165, 1.54) is 4.57 Å². The summed E-state index contributed by atoms with van der Waals surface area (Å²) in [6.45, 7) is 2.26. The van der Waals surface area contributed by atoms with Crippen molar-refractivity contribution >= 4 is 29.0 Å². The zero-order chi connectivity index (χ0) is 17.1. The fraction of sp³-hybridized carbons (Fsp3) is 0.118. The Bertz CT molecular complexity index is 982. The molecule has 1 aromatic heterocycles. The normalized spacial score (nSPS) is 11.7. The summed E-state index contributed by atoms with van der Waals surface area (Å²) in [5.41, 5.74) is 2.15. The SMILES string of the molecule is Cc1ccc(C(=O)N=c2s[nH]c(=O)n2Cc2ccc(Cl)cc2)cc1. The number of carbonyl (C=O) groups excluding carboxylic acids is 1. The zero-order valence-corrected chi connectivity index (χ0v) is 14.4. The highest BCUT2D eigenvalue weighted by Crippen LogP contribution is 2.10. The number of hydrogen-bond acceptors (Lipinski definition) is 3. The van der Waals surface area contributed by atoms with Gasteiger partial charge in [0.05, 0.1) is 6.54 Å². The van der Waals surface area contributed by atoms with Gasteiger partial charge in [0.15, 0.2) is 0 Å². The van der Waals surface area contributed by atoms with Crippen molar-refractivity contribution in [1.29, 1.82) is 0 Å². The van der Waals surface area contributed by atoms with Gasteiger partial charge in [0.25, 0.3) is 5.91 Å². The van der Waals surface area contributed by atoms with Gasteiger partial charge in [-0.2, -0.15) is 4.99 Å². The molecule has 1 heterocycles. The lowest BCUT2D eigenvalue weighted by molar-refractivity contribution is 0.0997. The quantitative estimate of drug-likeness (QED) is 0.781. The average Bonchev–Trinajstić information content (AvgIpc) is 2.90. The van der Waals surface area contributed by atoms with Gasteiger partial charge in [0.2, 0.25) is 4.80 Å². The van der Waals surface area contributed by atoms with Crippen LogP contribution < -0.4 is 10.5 Å². The van der Waals surface area contributed by atoms with Crippen LogP contribution in [0, 0.1) is 6.92 Å². The monoisotopic (exact) mass is 359 g/mol. The lowest BCUT2D eigenvalue weighted by Gasteiger charge is -2.02. The first kappa shape index (κ1) is 16.4. The van der Waals surface area contributed by atoms with Gasteiger partial charge in [-0.25, -0.2) is 4.79 Å². The first-order valence-corrected chi connectivity index (χ1v) is 8.41. The van der Waals surface area contributed by atoms with Gasteiger partial charge in [0.1, 0.15) is 0 Å². The predicted octanol–water partition coefficient (Wildman–Crippen LogP) is 2.99. The van der Waals surface area contributed by atoms with Gasteiger partial charge in [-0.15, -0.1) is 0 Å². The van der Waals surface area contributed by atoms with Gasteiger partial charge in [-0.05, 0) is 48.3 Å². The molecule has 0 atom stereocenters. The summed E-state index contributed by atoms with van der Waals surface area (Å²) in [5.74, 6) is -0.380. The molecule has 0 radical (unpaired) electrons. The Labute approximate surface area is 147 Å². The van der Waals surface area contributed by atoms with E-state index in [0.717, 1.165) is 22.7 Å². The summed E-state index contributed by atoms with van der Waals surface area (Å²) < 4.78 is 4.04. The molecular weight excluding hydrogens is 346 g/mol. The van der Waals surface area contributed by atoms with E-state index >= 15 is 0 Å². The molecule has 3 rings (SSSR count). The van der Waals surface area contributed by atoms with Crippen molar-refractivity contribution in [3.63, 3.8) is 0 Å². The Morgan fingerprint density at radius 3 is 2.50 bits per heavy atom. The molecule has 0 saturated heterocycles. The fourth-order valence-electron chi connectivity index (χ4n) is 2.13. The molecule has 0 unspecified atom stereocenters. The van der Waals surface area contributed by atoms with E-state index < -0.39 is 0 Å². The highest BCUT2D eigenvalue weighted by atomic mass is 35.5. The van der Waals surface area contributed by atoms with Gasteiger partial charge >= 0.3 is 5.69 Å². The average molecular weight is 360 g/mol. The summed E-state index contributed by atoms with van der Waals surface area (Å²) in [4.78, 5) is 28.7. The molecule has 7 heteroatoms. The summed E-state index contributed by atoms with van der Waals surface area (Å²) in [6.07, 6.45) is 0. The molecule has 0 saturated carbocycles. The molecule has 1 amide bonds. The highest BCUT2D eigenvalue weighted by molar-refractivity contribution is 7.02. The van der Waals surface area contributed by atoms with Gasteiger partial charge in [0, 0.05) is 10.6 Å². The number of H-pyrrole nitrogens is 1. The van der Waals surface area contributed by atoms with E-state index in [1.54, 1.807) is 24.3 Å². The van der Waals surface area contributed by atoms with Crippen molar-refractivity contribution in [2.45, 2.75) is 13.5 Å². The summed E-state index contributed by atoms with van der Waals surface area (Å²) in [7, 11) is 0. The topological polar surface area (TPSA) is 67.2 Å². The second-order valence-corrected chi connectivity index (χ2v) is 6.50. The molecule has 0 fully saturated rings. The summed E-state index contributed by atoms with van der Waals surface area (Å²) in [6, 6.07) is 14.3. The maximum Gasteiger partial charge on any atom is 0.337 e. The Balaban J connectivity index is 1.94. The van der Waals surface area contributed by atoms with Crippen LogP contribution >= 0.6 is 23.1 Å². The molecule has 2 aromatic carbocycles. The van der Waals surface area contributed by atoms with Crippen LogP contribution in [0.25, 0.3) is 0 Å². The number of rotatable bonds is 3. The lowest BCUT2D eigenvalue weighted by Crippen LogP contribution is -2.27. The first-order valence-electron chi connectivity index (χ1n) is 7.21. The van der Waals surface area contributed by atoms with Crippen LogP contribution in [0.15, 0.2) is 58.3 Å². The zero-order valence-electron chi connectivity index (χ0n) is 12.8. The largest absolute Gasteiger partial charge is 0.337 e. The van der Waals surface area contributed by atoms with Crippen molar-refractivity contribution in [1.82, 2.24) is 8.94 Å². The van der Waals surface area contributed by atoms with Crippen molar-refractivity contribution in [3.8, 4) is 0 Å². The molecule has 3 aromatic rings. The van der Waals surface area contributed by atoms with Crippen LogP contribution in [-0.2, 0) is 6.54 Å². The number of benzene rings is 2. The van der Waals surface area contributed by atoms with E-state index in [2.05, 4.69) is 9.37 Å². The van der Waals surface area contributed by atoms with Crippen LogP contribution in [-0.4, -0.2) is 14.8 Å². The Hall–Kier alpha value is -2.44. The van der Waals surface area contributed by atoms with E-state index in [4.69, 9.17) is 11.6 Å². The van der Waals surface area contributed by atoms with E-state index in [1.807, 2.05) is 31.2 Å². The number of aromatic nitrogens is 2. The Morgan fingerprint density at radius 2 is 1.83 bits per heavy atom. The molecule has 0 bridgehead atoms. The third-order valence-corrected chi connectivity index (χ3v) is 4.48. The lowest BCUT2D eigenvalue weighted by atomic mass is 10.1. The number of amides is 1. The second-order valence-electron chi connectivity index (χ2n) is 5.29. The molecule has 1 N–H and O–H groups in total. The number of nitrogens with one attached hydrogen (secondary N) is 1. The van der Waals surface area contributed by atoms with Gasteiger partial charge in [-0.1, -0.05) is 41.4 Å². The molecule has 0 aliphatic rings. The van der Waals surface area contributed by atoms with Gasteiger partial charge in [-0.3, -0.25) is 13.7 Å². The number of aryl methyl sites for hydroxylation is 1. The number of aromatic amines is 1. The van der Waals surface area contributed by atoms with Crippen molar-refractivity contribution < 1.29 is 4.79 Å². The minimum atomic E-state index is -0.380. The van der Waals surface area contributed by atoms with Gasteiger partial charge < -0.3 is 0 Å². The Morgan fingerprint density at radius 1 is 1.17 bits per heavy atom. The molecule has 122 valence electrons. The standard InChI is InChI=1S/C17H14ClN3O2S/c1-11-2-6-13(7-3-11)15(22)19-17-21(16(23)20-24-17)10-12-4-8-14(18)9-5-12/h2-9H,10H2,1H3,(H,20,23). The molecule has 5 nitrogen and oxygen atoms in total. The third-order valence-electron chi connectivity index (χ3n) is 3.46. The summed E-state index contributed by atoms with van der Waals surface area (Å²) in [5, 5.41) is 0.627. The minimum Gasteiger partial charge on any atom is -0.267 e.